The third-order valence-electron chi connectivity index (χ3n) is 0.705. The van der Waals surface area contributed by atoms with E-state index in [1.165, 1.54) is 6.07 Å². The lowest BCUT2D eigenvalue weighted by Crippen LogP contribution is -1.91. The summed E-state index contributed by atoms with van der Waals surface area (Å²) >= 11 is 2.95. The van der Waals surface area contributed by atoms with Crippen LogP contribution in [0.4, 0.5) is 5.82 Å². The fraction of sp³-hybridized carbons (Fsp3) is 0. The number of nitrogens with two attached hydrogens (primary N) is 1. The van der Waals surface area contributed by atoms with Gasteiger partial charge in [-0.25, -0.2) is 4.98 Å². The molecule has 0 saturated carbocycles. The van der Waals surface area contributed by atoms with Gasteiger partial charge in [0.1, 0.15) is 5.82 Å². The van der Waals surface area contributed by atoms with Crippen molar-refractivity contribution in [2.24, 2.45) is 0 Å². The van der Waals surface area contributed by atoms with E-state index in [9.17, 15) is 0 Å². The second-order valence-corrected chi connectivity index (χ2v) is 2.13. The van der Waals surface area contributed by atoms with E-state index in [4.69, 9.17) is 10.8 Å². The first-order valence-electron chi connectivity index (χ1n) is 2.17. The van der Waals surface area contributed by atoms with Crippen LogP contribution >= 0.6 is 15.9 Å². The van der Waals surface area contributed by atoms with Crippen molar-refractivity contribution in [3.8, 4) is 5.88 Å². The molecule has 0 aromatic carbocycles. The lowest BCUT2D eigenvalue weighted by Gasteiger charge is -1.92. The van der Waals surface area contributed by atoms with Crippen LogP contribution in [-0.2, 0) is 0 Å². The summed E-state index contributed by atoms with van der Waals surface area (Å²) in [7, 11) is 0. The third kappa shape index (κ3) is 1.53. The number of hydrogen-bond donors (Lipinski definition) is 2. The Morgan fingerprint density at radius 2 is 2.22 bits per heavy atom. The van der Waals surface area contributed by atoms with Gasteiger partial charge in [0.25, 0.3) is 0 Å². The zero-order valence-electron chi connectivity index (χ0n) is 4.37. The predicted octanol–water partition coefficient (Wildman–Crippen LogP) is 0.527. The Morgan fingerprint density at radius 1 is 1.56 bits per heavy atom. The summed E-state index contributed by atoms with van der Waals surface area (Å²) in [4.78, 5) is 7.17. The Labute approximate surface area is 59.9 Å². The van der Waals surface area contributed by atoms with Crippen LogP contribution in [0, 0.1) is 0 Å². The van der Waals surface area contributed by atoms with Crippen molar-refractivity contribution in [2.45, 2.75) is 0 Å². The minimum absolute atomic E-state index is 0.130. The van der Waals surface area contributed by atoms with Crippen LogP contribution in [0.1, 0.15) is 0 Å². The van der Waals surface area contributed by atoms with Crippen molar-refractivity contribution >= 4 is 21.7 Å². The van der Waals surface area contributed by atoms with Crippen LogP contribution in [-0.4, -0.2) is 15.1 Å². The fourth-order valence-corrected chi connectivity index (χ4v) is 0.809. The van der Waals surface area contributed by atoms with Crippen molar-refractivity contribution < 1.29 is 5.11 Å². The largest absolute Gasteiger partial charge is 0.493 e. The molecule has 0 spiro atoms. The second-order valence-electron chi connectivity index (χ2n) is 1.42. The molecule has 0 radical (unpaired) electrons. The molecule has 5 heteroatoms. The molecule has 0 saturated heterocycles. The highest BCUT2D eigenvalue weighted by Crippen LogP contribution is 2.11. The molecule has 1 aromatic heterocycles. The summed E-state index contributed by atoms with van der Waals surface area (Å²) < 4.78 is 0.292. The Hall–Kier alpha value is -0.840. The van der Waals surface area contributed by atoms with Crippen LogP contribution < -0.4 is 5.73 Å². The van der Waals surface area contributed by atoms with Gasteiger partial charge < -0.3 is 10.8 Å². The van der Waals surface area contributed by atoms with Gasteiger partial charge in [-0.05, 0) is 15.9 Å². The number of anilines is 1. The van der Waals surface area contributed by atoms with Gasteiger partial charge in [0.05, 0.1) is 0 Å². The van der Waals surface area contributed by atoms with Gasteiger partial charge >= 0.3 is 0 Å². The number of halogens is 1. The molecule has 9 heavy (non-hydrogen) atoms. The highest BCUT2D eigenvalue weighted by molar-refractivity contribution is 9.10. The number of aromatic nitrogens is 2. The topological polar surface area (TPSA) is 72.0 Å². The molecule has 1 rings (SSSR count). The molecule has 1 heterocycles. The first-order valence-corrected chi connectivity index (χ1v) is 2.97. The molecule has 0 fully saturated rings. The smallest absolute Gasteiger partial charge is 0.216 e. The van der Waals surface area contributed by atoms with Gasteiger partial charge in [-0.3, -0.25) is 0 Å². The quantitative estimate of drug-likeness (QED) is 0.585. The highest BCUT2D eigenvalue weighted by atomic mass is 79.9. The molecule has 0 unspecified atom stereocenters. The van der Waals surface area contributed by atoms with Crippen LogP contribution in [0.25, 0.3) is 0 Å². The molecule has 48 valence electrons. The number of nitrogen functional groups attached to an aromatic ring is 1. The van der Waals surface area contributed by atoms with Crippen LogP contribution in [0.5, 0.6) is 5.88 Å². The summed E-state index contributed by atoms with van der Waals surface area (Å²) in [6.45, 7) is 0. The Kier molecular flexibility index (Phi) is 1.52. The third-order valence-corrected chi connectivity index (χ3v) is 1.06. The van der Waals surface area contributed by atoms with Gasteiger partial charge in [0.2, 0.25) is 10.6 Å². The van der Waals surface area contributed by atoms with Crippen molar-refractivity contribution in [1.82, 2.24) is 9.97 Å². The van der Waals surface area contributed by atoms with Crippen molar-refractivity contribution in [3.63, 3.8) is 0 Å². The molecule has 0 atom stereocenters. The van der Waals surface area contributed by atoms with E-state index in [2.05, 4.69) is 25.9 Å². The van der Waals surface area contributed by atoms with Gasteiger partial charge in [-0.2, -0.15) is 4.98 Å². The maximum Gasteiger partial charge on any atom is 0.216 e. The molecule has 1 aromatic rings. The summed E-state index contributed by atoms with van der Waals surface area (Å²) in [5, 5.41) is 8.73. The van der Waals surface area contributed by atoms with Crippen molar-refractivity contribution in [3.05, 3.63) is 10.8 Å². The van der Waals surface area contributed by atoms with Gasteiger partial charge in [-0.15, -0.1) is 0 Å². The summed E-state index contributed by atoms with van der Waals surface area (Å²) in [6, 6.07) is 1.27. The normalized spacial score (nSPS) is 9.44. The van der Waals surface area contributed by atoms with E-state index >= 15 is 0 Å². The number of nitrogens with zero attached hydrogens (tertiary/aromatic N) is 2. The van der Waals surface area contributed by atoms with E-state index < -0.39 is 0 Å². The molecule has 0 bridgehead atoms. The standard InChI is InChI=1S/C4H4BrN3O/c5-4-7-2(6)1-3(9)8-4/h1H,(H3,6,7,8,9). The average molecular weight is 190 g/mol. The Bertz CT molecular complexity index is 177. The zero-order valence-corrected chi connectivity index (χ0v) is 5.96. The predicted molar refractivity (Wildman–Crippen MR) is 35.8 cm³/mol. The summed E-state index contributed by atoms with van der Waals surface area (Å²) in [5.74, 6) is 0.115. The number of aromatic hydroxyl groups is 1. The molecule has 0 amide bonds. The fourth-order valence-electron chi connectivity index (χ4n) is 0.423. The van der Waals surface area contributed by atoms with E-state index in [0.717, 1.165) is 0 Å². The first-order chi connectivity index (χ1) is 4.18. The minimum Gasteiger partial charge on any atom is -0.493 e. The van der Waals surface area contributed by atoms with E-state index in [1.54, 1.807) is 0 Å². The van der Waals surface area contributed by atoms with Crippen molar-refractivity contribution in [1.29, 1.82) is 0 Å². The van der Waals surface area contributed by atoms with Crippen LogP contribution in [0.2, 0.25) is 0 Å². The highest BCUT2D eigenvalue weighted by Gasteiger charge is 1.94. The molecule has 3 N–H and O–H groups in total. The summed E-state index contributed by atoms with van der Waals surface area (Å²) in [5.41, 5.74) is 5.22. The maximum atomic E-state index is 8.73. The monoisotopic (exact) mass is 189 g/mol. The van der Waals surface area contributed by atoms with E-state index in [0.29, 0.717) is 4.73 Å². The van der Waals surface area contributed by atoms with Gasteiger partial charge in [0, 0.05) is 6.07 Å². The lowest BCUT2D eigenvalue weighted by molar-refractivity contribution is 0.451. The number of rotatable bonds is 0. The van der Waals surface area contributed by atoms with E-state index in [-0.39, 0.29) is 11.7 Å². The molecule has 4 nitrogen and oxygen atoms in total. The molecular formula is C4H4BrN3O. The lowest BCUT2D eigenvalue weighted by atomic mass is 10.6. The molecular weight excluding hydrogens is 186 g/mol. The molecule has 0 aliphatic rings. The molecule has 0 aliphatic carbocycles. The second kappa shape index (κ2) is 2.18. The van der Waals surface area contributed by atoms with Gasteiger partial charge in [-0.1, -0.05) is 0 Å². The minimum atomic E-state index is -0.130. The molecule has 0 aliphatic heterocycles. The Balaban J connectivity index is 3.17. The number of hydrogen-bond acceptors (Lipinski definition) is 4. The zero-order chi connectivity index (χ0) is 6.85. The van der Waals surface area contributed by atoms with Crippen LogP contribution in [0.3, 0.4) is 0 Å². The Morgan fingerprint density at radius 3 is 2.67 bits per heavy atom. The van der Waals surface area contributed by atoms with Crippen molar-refractivity contribution in [2.75, 3.05) is 5.73 Å². The van der Waals surface area contributed by atoms with Crippen LogP contribution in [0.15, 0.2) is 10.8 Å². The van der Waals surface area contributed by atoms with E-state index in [1.807, 2.05) is 0 Å². The van der Waals surface area contributed by atoms with Gasteiger partial charge in [0.15, 0.2) is 0 Å². The maximum absolute atomic E-state index is 8.73. The first kappa shape index (κ1) is 6.28. The average Bonchev–Trinajstić information content (AvgIpc) is 1.59. The summed E-state index contributed by atoms with van der Waals surface area (Å²) in [6.07, 6.45) is 0. The SMILES string of the molecule is Nc1cc(O)nc(Br)n1.